The number of hydrogen-bond acceptors (Lipinski definition) is 2. The van der Waals surface area contributed by atoms with E-state index in [1.165, 1.54) is 5.56 Å². The number of aliphatic imine (C=N–C) groups is 1. The van der Waals surface area contributed by atoms with E-state index in [-0.39, 0.29) is 0 Å². The number of nitrogens with one attached hydrogen (secondary N) is 1. The zero-order valence-corrected chi connectivity index (χ0v) is 11.7. The number of hydrogen-bond donors (Lipinski definition) is 1. The molecule has 0 aliphatic rings. The van der Waals surface area contributed by atoms with Crippen molar-refractivity contribution in [1.29, 1.82) is 0 Å². The van der Waals surface area contributed by atoms with Crippen LogP contribution in [0.5, 0.6) is 5.75 Å². The molecule has 100 valence electrons. The summed E-state index contributed by atoms with van der Waals surface area (Å²) in [5.41, 5.74) is 1.24. The largest absolute Gasteiger partial charge is 0.492 e. The number of guanidine groups is 1. The lowest BCUT2D eigenvalue weighted by Gasteiger charge is -2.16. The van der Waals surface area contributed by atoms with Crippen LogP contribution in [0, 0.1) is 6.92 Å². The molecule has 4 nitrogen and oxygen atoms in total. The smallest absolute Gasteiger partial charge is 0.193 e. The molecule has 0 radical (unpaired) electrons. The van der Waals surface area contributed by atoms with Gasteiger partial charge in [0.2, 0.25) is 0 Å². The van der Waals surface area contributed by atoms with Crippen LogP contribution in [0.15, 0.2) is 29.3 Å². The number of nitrogens with zero attached hydrogens (tertiary/aromatic N) is 2. The summed E-state index contributed by atoms with van der Waals surface area (Å²) in [4.78, 5) is 6.42. The molecular weight excluding hydrogens is 226 g/mol. The summed E-state index contributed by atoms with van der Waals surface area (Å²) in [6, 6.07) is 8.05. The Balaban J connectivity index is 2.36. The molecule has 1 aromatic carbocycles. The molecule has 0 bridgehead atoms. The summed E-state index contributed by atoms with van der Waals surface area (Å²) < 4.78 is 5.62. The van der Waals surface area contributed by atoms with Gasteiger partial charge < -0.3 is 15.0 Å². The Hall–Kier alpha value is -1.71. The first kappa shape index (κ1) is 14.4. The normalized spacial score (nSPS) is 11.2. The molecule has 1 aromatic rings. The standard InChI is InChI=1S/C14H23N3O/c1-5-15-14(17(3)4)16-10-11-18-13-8-6-12(2)7-9-13/h6-9H,5,10-11H2,1-4H3,(H,15,16). The minimum atomic E-state index is 0.589. The van der Waals surface area contributed by atoms with Crippen LogP contribution >= 0.6 is 0 Å². The van der Waals surface area contributed by atoms with Crippen LogP contribution in [-0.2, 0) is 0 Å². The Bertz CT molecular complexity index is 371. The van der Waals surface area contributed by atoms with Crippen molar-refractivity contribution in [2.45, 2.75) is 13.8 Å². The number of ether oxygens (including phenoxy) is 1. The van der Waals surface area contributed by atoms with Gasteiger partial charge in [-0.3, -0.25) is 0 Å². The van der Waals surface area contributed by atoms with E-state index in [9.17, 15) is 0 Å². The summed E-state index contributed by atoms with van der Waals surface area (Å²) >= 11 is 0. The van der Waals surface area contributed by atoms with Crippen molar-refractivity contribution >= 4 is 5.96 Å². The van der Waals surface area contributed by atoms with Crippen LogP contribution < -0.4 is 10.1 Å². The van der Waals surface area contributed by atoms with Crippen molar-refractivity contribution in [2.24, 2.45) is 4.99 Å². The van der Waals surface area contributed by atoms with Gasteiger partial charge in [-0.1, -0.05) is 17.7 Å². The van der Waals surface area contributed by atoms with Gasteiger partial charge in [0.05, 0.1) is 6.54 Å². The van der Waals surface area contributed by atoms with Gasteiger partial charge in [0, 0.05) is 20.6 Å². The summed E-state index contributed by atoms with van der Waals surface area (Å²) in [7, 11) is 3.95. The molecule has 0 heterocycles. The highest BCUT2D eigenvalue weighted by Crippen LogP contribution is 2.10. The fraction of sp³-hybridized carbons (Fsp3) is 0.500. The van der Waals surface area contributed by atoms with Crippen molar-refractivity contribution in [3.05, 3.63) is 29.8 Å². The van der Waals surface area contributed by atoms with Gasteiger partial charge in [-0.05, 0) is 26.0 Å². The predicted molar refractivity (Wildman–Crippen MR) is 76.3 cm³/mol. The maximum Gasteiger partial charge on any atom is 0.193 e. The van der Waals surface area contributed by atoms with Gasteiger partial charge >= 0.3 is 0 Å². The van der Waals surface area contributed by atoms with E-state index >= 15 is 0 Å². The molecule has 0 aromatic heterocycles. The molecule has 0 spiro atoms. The number of benzene rings is 1. The van der Waals surface area contributed by atoms with Crippen molar-refractivity contribution < 1.29 is 4.74 Å². The molecule has 0 aliphatic carbocycles. The topological polar surface area (TPSA) is 36.9 Å². The molecule has 0 saturated heterocycles. The molecule has 0 unspecified atom stereocenters. The Morgan fingerprint density at radius 1 is 1.28 bits per heavy atom. The maximum atomic E-state index is 5.62. The van der Waals surface area contributed by atoms with E-state index in [4.69, 9.17) is 4.74 Å². The van der Waals surface area contributed by atoms with Crippen molar-refractivity contribution in [1.82, 2.24) is 10.2 Å². The quantitative estimate of drug-likeness (QED) is 0.492. The van der Waals surface area contributed by atoms with Gasteiger partial charge in [0.1, 0.15) is 12.4 Å². The van der Waals surface area contributed by atoms with Gasteiger partial charge in [-0.15, -0.1) is 0 Å². The summed E-state index contributed by atoms with van der Waals surface area (Å²) in [6.07, 6.45) is 0. The number of aryl methyl sites for hydroxylation is 1. The van der Waals surface area contributed by atoms with E-state index in [1.54, 1.807) is 0 Å². The van der Waals surface area contributed by atoms with Gasteiger partial charge in [0.15, 0.2) is 5.96 Å². The van der Waals surface area contributed by atoms with Crippen LogP contribution in [0.1, 0.15) is 12.5 Å². The monoisotopic (exact) mass is 249 g/mol. The second-order valence-corrected chi connectivity index (χ2v) is 4.29. The minimum absolute atomic E-state index is 0.589. The molecule has 0 aliphatic heterocycles. The van der Waals surface area contributed by atoms with Gasteiger partial charge in [0.25, 0.3) is 0 Å². The molecule has 4 heteroatoms. The summed E-state index contributed by atoms with van der Waals surface area (Å²) in [6.45, 7) is 6.23. The van der Waals surface area contributed by atoms with Crippen LogP contribution in [0.25, 0.3) is 0 Å². The Labute approximate surface area is 110 Å². The highest BCUT2D eigenvalue weighted by Gasteiger charge is 1.98. The van der Waals surface area contributed by atoms with Crippen molar-refractivity contribution in [2.75, 3.05) is 33.8 Å². The first-order chi connectivity index (χ1) is 8.63. The maximum absolute atomic E-state index is 5.62. The predicted octanol–water partition coefficient (Wildman–Crippen LogP) is 1.90. The van der Waals surface area contributed by atoms with Crippen molar-refractivity contribution in [3.8, 4) is 5.75 Å². The average molecular weight is 249 g/mol. The lowest BCUT2D eigenvalue weighted by atomic mass is 10.2. The van der Waals surface area contributed by atoms with Crippen LogP contribution in [-0.4, -0.2) is 44.7 Å². The summed E-state index contributed by atoms with van der Waals surface area (Å²) in [5.74, 6) is 1.79. The van der Waals surface area contributed by atoms with E-state index in [2.05, 4.69) is 24.2 Å². The zero-order chi connectivity index (χ0) is 13.4. The van der Waals surface area contributed by atoms with E-state index in [0.717, 1.165) is 18.3 Å². The average Bonchev–Trinajstić information content (AvgIpc) is 2.35. The third-order valence-electron chi connectivity index (χ3n) is 2.40. The van der Waals surface area contributed by atoms with E-state index in [0.29, 0.717) is 13.2 Å². The zero-order valence-electron chi connectivity index (χ0n) is 11.7. The number of rotatable bonds is 5. The second-order valence-electron chi connectivity index (χ2n) is 4.29. The first-order valence-corrected chi connectivity index (χ1v) is 6.28. The fourth-order valence-electron chi connectivity index (χ4n) is 1.46. The van der Waals surface area contributed by atoms with Crippen LogP contribution in [0.2, 0.25) is 0 Å². The molecule has 0 amide bonds. The lowest BCUT2D eigenvalue weighted by Crippen LogP contribution is -2.36. The molecular formula is C14H23N3O. The molecule has 0 atom stereocenters. The Kier molecular flexibility index (Phi) is 6.05. The first-order valence-electron chi connectivity index (χ1n) is 6.28. The molecule has 0 saturated carbocycles. The molecule has 1 rings (SSSR count). The van der Waals surface area contributed by atoms with Crippen LogP contribution in [0.3, 0.4) is 0 Å². The molecule has 1 N–H and O–H groups in total. The third kappa shape index (κ3) is 5.08. The molecule has 18 heavy (non-hydrogen) atoms. The van der Waals surface area contributed by atoms with Crippen LogP contribution in [0.4, 0.5) is 0 Å². The minimum Gasteiger partial charge on any atom is -0.492 e. The van der Waals surface area contributed by atoms with E-state index < -0.39 is 0 Å². The highest BCUT2D eigenvalue weighted by molar-refractivity contribution is 5.79. The fourth-order valence-corrected chi connectivity index (χ4v) is 1.46. The third-order valence-corrected chi connectivity index (χ3v) is 2.40. The Morgan fingerprint density at radius 3 is 2.50 bits per heavy atom. The lowest BCUT2D eigenvalue weighted by molar-refractivity contribution is 0.328. The Morgan fingerprint density at radius 2 is 1.94 bits per heavy atom. The van der Waals surface area contributed by atoms with Crippen molar-refractivity contribution in [3.63, 3.8) is 0 Å². The SMILES string of the molecule is CCNC(=NCCOc1ccc(C)cc1)N(C)C. The second kappa shape index (κ2) is 7.58. The van der Waals surface area contributed by atoms with Gasteiger partial charge in [-0.2, -0.15) is 0 Å². The van der Waals surface area contributed by atoms with E-state index in [1.807, 2.05) is 43.3 Å². The highest BCUT2D eigenvalue weighted by atomic mass is 16.5. The summed E-state index contributed by atoms with van der Waals surface area (Å²) in [5, 5.41) is 3.21. The molecule has 0 fully saturated rings. The van der Waals surface area contributed by atoms with Gasteiger partial charge in [-0.25, -0.2) is 4.99 Å².